The Balaban J connectivity index is 1.53. The first-order valence-corrected chi connectivity index (χ1v) is 8.05. The molecule has 2 aliphatic heterocycles. The van der Waals surface area contributed by atoms with Gasteiger partial charge in [0.15, 0.2) is 0 Å². The smallest absolute Gasteiger partial charge is 0.224 e. The maximum atomic E-state index is 12.4. The van der Waals surface area contributed by atoms with Crippen molar-refractivity contribution in [2.75, 3.05) is 26.2 Å². The molecule has 6 heteroatoms. The second kappa shape index (κ2) is 6.85. The fraction of sp³-hybridized carbons (Fsp3) is 0.625. The van der Waals surface area contributed by atoms with Crippen molar-refractivity contribution < 1.29 is 9.59 Å². The van der Waals surface area contributed by atoms with Gasteiger partial charge in [-0.25, -0.2) is 9.97 Å². The molecule has 3 rings (SSSR count). The van der Waals surface area contributed by atoms with Crippen LogP contribution in [0.3, 0.4) is 0 Å². The fourth-order valence-electron chi connectivity index (χ4n) is 3.32. The highest BCUT2D eigenvalue weighted by molar-refractivity contribution is 5.80. The van der Waals surface area contributed by atoms with Gasteiger partial charge >= 0.3 is 0 Å². The molecule has 0 unspecified atom stereocenters. The van der Waals surface area contributed by atoms with Gasteiger partial charge in [-0.3, -0.25) is 9.59 Å². The van der Waals surface area contributed by atoms with Crippen molar-refractivity contribution in [2.24, 2.45) is 0 Å². The average Bonchev–Trinajstić information content (AvgIpc) is 2.99. The molecule has 0 N–H and O–H groups in total. The van der Waals surface area contributed by atoms with Crippen LogP contribution in [0.15, 0.2) is 18.6 Å². The SMILES string of the molecule is O=C1CCCN1CCC(=O)N1CCC[C@@H](c2ccncn2)C1. The van der Waals surface area contributed by atoms with Gasteiger partial charge in [0, 0.05) is 56.8 Å². The van der Waals surface area contributed by atoms with Gasteiger partial charge in [-0.2, -0.15) is 0 Å². The zero-order valence-electron chi connectivity index (χ0n) is 12.8. The predicted octanol–water partition coefficient (Wildman–Crippen LogP) is 1.20. The highest BCUT2D eigenvalue weighted by Crippen LogP contribution is 2.25. The number of hydrogen-bond donors (Lipinski definition) is 0. The summed E-state index contributed by atoms with van der Waals surface area (Å²) in [7, 11) is 0. The minimum absolute atomic E-state index is 0.151. The van der Waals surface area contributed by atoms with Crippen LogP contribution < -0.4 is 0 Å². The van der Waals surface area contributed by atoms with E-state index in [4.69, 9.17) is 0 Å². The highest BCUT2D eigenvalue weighted by Gasteiger charge is 2.26. The normalized spacial score (nSPS) is 22.2. The number of carbonyl (C=O) groups excluding carboxylic acids is 2. The van der Waals surface area contributed by atoms with Crippen LogP contribution in [0.1, 0.15) is 43.7 Å². The van der Waals surface area contributed by atoms with Crippen LogP contribution in [0.25, 0.3) is 0 Å². The van der Waals surface area contributed by atoms with E-state index in [0.29, 0.717) is 25.3 Å². The summed E-state index contributed by atoms with van der Waals surface area (Å²) in [5.74, 6) is 0.637. The maximum absolute atomic E-state index is 12.4. The van der Waals surface area contributed by atoms with E-state index in [9.17, 15) is 9.59 Å². The van der Waals surface area contributed by atoms with Crippen molar-refractivity contribution in [3.63, 3.8) is 0 Å². The first-order valence-electron chi connectivity index (χ1n) is 8.05. The Bertz CT molecular complexity index is 534. The Labute approximate surface area is 130 Å². The number of piperidine rings is 1. The van der Waals surface area contributed by atoms with E-state index in [2.05, 4.69) is 9.97 Å². The molecular formula is C16H22N4O2. The van der Waals surface area contributed by atoms with Crippen LogP contribution in [0.5, 0.6) is 0 Å². The van der Waals surface area contributed by atoms with Gasteiger partial charge < -0.3 is 9.80 Å². The molecule has 6 nitrogen and oxygen atoms in total. The van der Waals surface area contributed by atoms with Crippen LogP contribution in [0, 0.1) is 0 Å². The molecule has 0 aliphatic carbocycles. The highest BCUT2D eigenvalue weighted by atomic mass is 16.2. The van der Waals surface area contributed by atoms with Gasteiger partial charge in [0.2, 0.25) is 11.8 Å². The van der Waals surface area contributed by atoms with Crippen LogP contribution in [0.2, 0.25) is 0 Å². The van der Waals surface area contributed by atoms with Gasteiger partial charge in [-0.1, -0.05) is 0 Å². The van der Waals surface area contributed by atoms with E-state index in [0.717, 1.165) is 44.6 Å². The number of nitrogens with zero attached hydrogens (tertiary/aromatic N) is 4. The summed E-state index contributed by atoms with van der Waals surface area (Å²) < 4.78 is 0. The topological polar surface area (TPSA) is 66.4 Å². The second-order valence-electron chi connectivity index (χ2n) is 6.05. The summed E-state index contributed by atoms with van der Waals surface area (Å²) in [5.41, 5.74) is 1.02. The monoisotopic (exact) mass is 302 g/mol. The van der Waals surface area contributed by atoms with Gasteiger partial charge in [0.1, 0.15) is 6.33 Å². The van der Waals surface area contributed by atoms with Crippen molar-refractivity contribution in [2.45, 2.75) is 38.0 Å². The predicted molar refractivity (Wildman–Crippen MR) is 81.0 cm³/mol. The lowest BCUT2D eigenvalue weighted by molar-refractivity contribution is -0.133. The number of hydrogen-bond acceptors (Lipinski definition) is 4. The third-order valence-corrected chi connectivity index (χ3v) is 4.56. The number of amides is 2. The largest absolute Gasteiger partial charge is 0.342 e. The van der Waals surface area contributed by atoms with Crippen molar-refractivity contribution in [1.82, 2.24) is 19.8 Å². The lowest BCUT2D eigenvalue weighted by Gasteiger charge is -2.33. The Hall–Kier alpha value is -1.98. The molecule has 2 fully saturated rings. The molecule has 0 aromatic carbocycles. The van der Waals surface area contributed by atoms with E-state index < -0.39 is 0 Å². The van der Waals surface area contributed by atoms with Crippen LogP contribution in [-0.2, 0) is 9.59 Å². The van der Waals surface area contributed by atoms with E-state index in [1.54, 1.807) is 12.5 Å². The molecule has 0 bridgehead atoms. The number of carbonyl (C=O) groups is 2. The van der Waals surface area contributed by atoms with Crippen molar-refractivity contribution in [3.8, 4) is 0 Å². The van der Waals surface area contributed by atoms with Gasteiger partial charge in [-0.05, 0) is 25.3 Å². The van der Waals surface area contributed by atoms with E-state index in [1.165, 1.54) is 0 Å². The molecule has 3 heterocycles. The minimum Gasteiger partial charge on any atom is -0.342 e. The standard InChI is InChI=1S/C16H22N4O2/c21-15-4-2-8-19(15)10-6-16(22)20-9-1-3-13(11-20)14-5-7-17-12-18-14/h5,7,12-13H,1-4,6,8-11H2/t13-/m1/s1. The molecule has 1 atom stereocenters. The van der Waals surface area contributed by atoms with Crippen molar-refractivity contribution in [1.29, 1.82) is 0 Å². The number of aromatic nitrogens is 2. The molecule has 1 aromatic heterocycles. The Morgan fingerprint density at radius 3 is 2.95 bits per heavy atom. The third kappa shape index (κ3) is 3.43. The molecule has 1 aromatic rings. The molecular weight excluding hydrogens is 280 g/mol. The average molecular weight is 302 g/mol. The number of rotatable bonds is 4. The zero-order chi connectivity index (χ0) is 15.4. The van der Waals surface area contributed by atoms with Crippen LogP contribution >= 0.6 is 0 Å². The van der Waals surface area contributed by atoms with Crippen molar-refractivity contribution in [3.05, 3.63) is 24.3 Å². The summed E-state index contributed by atoms with van der Waals surface area (Å²) >= 11 is 0. The fourth-order valence-corrected chi connectivity index (χ4v) is 3.32. The molecule has 0 saturated carbocycles. The molecule has 0 radical (unpaired) electrons. The molecule has 2 amide bonds. The Kier molecular flexibility index (Phi) is 4.65. The quantitative estimate of drug-likeness (QED) is 0.838. The first-order chi connectivity index (χ1) is 10.7. The summed E-state index contributed by atoms with van der Waals surface area (Å²) in [6.45, 7) is 2.90. The summed E-state index contributed by atoms with van der Waals surface area (Å²) in [4.78, 5) is 36.0. The third-order valence-electron chi connectivity index (χ3n) is 4.56. The summed E-state index contributed by atoms with van der Waals surface area (Å²) in [6.07, 6.45) is 7.37. The Morgan fingerprint density at radius 2 is 2.23 bits per heavy atom. The summed E-state index contributed by atoms with van der Waals surface area (Å²) in [5, 5.41) is 0. The molecule has 2 saturated heterocycles. The van der Waals surface area contributed by atoms with Gasteiger partial charge in [-0.15, -0.1) is 0 Å². The zero-order valence-corrected chi connectivity index (χ0v) is 12.8. The van der Waals surface area contributed by atoms with Gasteiger partial charge in [0.05, 0.1) is 0 Å². The molecule has 22 heavy (non-hydrogen) atoms. The molecule has 118 valence electrons. The van der Waals surface area contributed by atoms with E-state index >= 15 is 0 Å². The summed E-state index contributed by atoms with van der Waals surface area (Å²) in [6, 6.07) is 1.93. The van der Waals surface area contributed by atoms with Crippen molar-refractivity contribution >= 4 is 11.8 Å². The van der Waals surface area contributed by atoms with Crippen LogP contribution in [0.4, 0.5) is 0 Å². The molecule has 2 aliphatic rings. The lowest BCUT2D eigenvalue weighted by atomic mass is 9.94. The van der Waals surface area contributed by atoms with Gasteiger partial charge in [0.25, 0.3) is 0 Å². The minimum atomic E-state index is 0.151. The number of likely N-dealkylation sites (tertiary alicyclic amines) is 2. The maximum Gasteiger partial charge on any atom is 0.224 e. The van der Waals surface area contributed by atoms with Crippen LogP contribution in [-0.4, -0.2) is 57.8 Å². The first kappa shape index (κ1) is 14.9. The second-order valence-corrected chi connectivity index (χ2v) is 6.05. The van der Waals surface area contributed by atoms with E-state index in [-0.39, 0.29) is 11.8 Å². The Morgan fingerprint density at radius 1 is 1.32 bits per heavy atom. The van der Waals surface area contributed by atoms with E-state index in [1.807, 2.05) is 15.9 Å². The molecule has 0 spiro atoms. The lowest BCUT2D eigenvalue weighted by Crippen LogP contribution is -2.41.